The van der Waals surface area contributed by atoms with Crippen LogP contribution in [0.4, 0.5) is 0 Å². The van der Waals surface area contributed by atoms with Gasteiger partial charge in [0.15, 0.2) is 26.5 Å². The van der Waals surface area contributed by atoms with Crippen LogP contribution in [-0.2, 0) is 47.2 Å². The Kier molecular flexibility index (Phi) is 18.4. The van der Waals surface area contributed by atoms with Crippen LogP contribution in [0.25, 0.3) is 0 Å². The van der Waals surface area contributed by atoms with E-state index in [-0.39, 0.29) is 63.1 Å². The zero-order valence-electron chi connectivity index (χ0n) is 41.8. The van der Waals surface area contributed by atoms with Crippen LogP contribution in [0.15, 0.2) is 59.5 Å². The van der Waals surface area contributed by atoms with E-state index in [1.165, 1.54) is 0 Å². The van der Waals surface area contributed by atoms with Gasteiger partial charge in [-0.1, -0.05) is 86.7 Å². The highest BCUT2D eigenvalue weighted by molar-refractivity contribution is 7.91. The summed E-state index contributed by atoms with van der Waals surface area (Å²) in [5, 5.41) is -0.00471. The Hall–Kier alpha value is -1.69. The molecule has 63 heavy (non-hydrogen) atoms. The summed E-state index contributed by atoms with van der Waals surface area (Å²) in [6.07, 6.45) is 3.11. The number of rotatable bonds is 21. The van der Waals surface area contributed by atoms with Crippen LogP contribution in [0.2, 0.25) is 36.3 Å². The largest absolute Gasteiger partial charge is 0.465 e. The molecule has 3 fully saturated rings. The molecular formula is C50H86O10SSi2. The Morgan fingerprint density at radius 1 is 0.873 bits per heavy atom. The van der Waals surface area contributed by atoms with Gasteiger partial charge in [0, 0.05) is 25.9 Å². The summed E-state index contributed by atoms with van der Waals surface area (Å²) >= 11 is 0. The zero-order valence-corrected chi connectivity index (χ0v) is 44.7. The van der Waals surface area contributed by atoms with E-state index < -0.39 is 56.1 Å². The van der Waals surface area contributed by atoms with Crippen LogP contribution in [0.1, 0.15) is 121 Å². The third-order valence-corrected chi connectivity index (χ3v) is 25.7. The molecule has 0 saturated carbocycles. The maximum atomic E-state index is 14.2. The molecular weight excluding hydrogens is 849 g/mol. The van der Waals surface area contributed by atoms with Crippen molar-refractivity contribution in [2.24, 2.45) is 17.3 Å². The van der Waals surface area contributed by atoms with E-state index in [9.17, 15) is 13.2 Å². The van der Waals surface area contributed by atoms with Gasteiger partial charge in [-0.15, -0.1) is 0 Å². The maximum Gasteiger partial charge on any atom is 0.311 e. The molecule has 0 aliphatic carbocycles. The highest BCUT2D eigenvalue weighted by Gasteiger charge is 2.51. The second-order valence-corrected chi connectivity index (χ2v) is 34.2. The number of hydrogen-bond donors (Lipinski definition) is 0. The first kappa shape index (κ1) is 53.9. The Balaban J connectivity index is 1.56. The Morgan fingerprint density at radius 2 is 1.49 bits per heavy atom. The fraction of sp³-hybridized carbons (Fsp3) is 0.780. The van der Waals surface area contributed by atoms with Crippen LogP contribution < -0.4 is 0 Å². The summed E-state index contributed by atoms with van der Waals surface area (Å²) in [5.41, 5.74) is 1.40. The molecule has 0 spiro atoms. The van der Waals surface area contributed by atoms with E-state index in [1.807, 2.05) is 26.8 Å². The zero-order chi connectivity index (χ0) is 47.3. The molecule has 3 heterocycles. The summed E-state index contributed by atoms with van der Waals surface area (Å²) in [7, 11) is -6.43. The Bertz CT molecular complexity index is 1780. The third kappa shape index (κ3) is 14.2. The van der Waals surface area contributed by atoms with E-state index in [4.69, 9.17) is 32.5 Å². The monoisotopic (exact) mass is 935 g/mol. The molecule has 0 amide bonds. The molecule has 3 aliphatic heterocycles. The van der Waals surface area contributed by atoms with Gasteiger partial charge in [0.2, 0.25) is 0 Å². The number of methoxy groups -OCH3 is 1. The van der Waals surface area contributed by atoms with Gasteiger partial charge in [-0.05, 0) is 118 Å². The first-order valence-corrected chi connectivity index (χ1v) is 31.1. The first-order chi connectivity index (χ1) is 29.0. The van der Waals surface area contributed by atoms with E-state index in [2.05, 4.69) is 87.8 Å². The van der Waals surface area contributed by atoms with E-state index in [0.29, 0.717) is 32.5 Å². The molecule has 0 N–H and O–H groups in total. The average Bonchev–Trinajstić information content (AvgIpc) is 3.68. The summed E-state index contributed by atoms with van der Waals surface area (Å²) < 4.78 is 74.6. The molecule has 10 nitrogen and oxygen atoms in total. The van der Waals surface area contributed by atoms with Crippen molar-refractivity contribution in [3.8, 4) is 0 Å². The fourth-order valence-electron chi connectivity index (χ4n) is 8.75. The second-order valence-electron chi connectivity index (χ2n) is 22.6. The highest BCUT2D eigenvalue weighted by Crippen LogP contribution is 2.44. The molecule has 1 aromatic rings. The lowest BCUT2D eigenvalue weighted by atomic mass is 9.83. The molecule has 1 unspecified atom stereocenters. The number of carbonyl (C=O) groups excluding carboxylic acids is 1. The Labute approximate surface area is 385 Å². The van der Waals surface area contributed by atoms with Gasteiger partial charge in [-0.2, -0.15) is 0 Å². The minimum atomic E-state index is -3.70. The van der Waals surface area contributed by atoms with Crippen LogP contribution in [0.3, 0.4) is 0 Å². The van der Waals surface area contributed by atoms with Crippen LogP contribution >= 0.6 is 0 Å². The minimum absolute atomic E-state index is 0.0234. The summed E-state index contributed by atoms with van der Waals surface area (Å²) in [4.78, 5) is 13.1. The van der Waals surface area contributed by atoms with Crippen molar-refractivity contribution < 1.29 is 45.7 Å². The van der Waals surface area contributed by atoms with Crippen LogP contribution in [-0.4, -0.2) is 106 Å². The molecule has 3 saturated heterocycles. The number of ether oxygens (including phenoxy) is 5. The van der Waals surface area contributed by atoms with Crippen LogP contribution in [0, 0.1) is 17.3 Å². The van der Waals surface area contributed by atoms with E-state index >= 15 is 0 Å². The smallest absolute Gasteiger partial charge is 0.311 e. The van der Waals surface area contributed by atoms with Crippen molar-refractivity contribution in [1.82, 2.24) is 0 Å². The summed E-state index contributed by atoms with van der Waals surface area (Å²) in [6, 6.07) is 8.67. The van der Waals surface area contributed by atoms with Gasteiger partial charge in [0.25, 0.3) is 0 Å². The van der Waals surface area contributed by atoms with E-state index in [1.54, 1.807) is 31.4 Å². The highest BCUT2D eigenvalue weighted by atomic mass is 32.2. The second kappa shape index (κ2) is 21.5. The Morgan fingerprint density at radius 3 is 2.08 bits per heavy atom. The molecule has 3 aliphatic rings. The topological polar surface area (TPSA) is 116 Å². The molecule has 4 rings (SSSR count). The average molecular weight is 935 g/mol. The van der Waals surface area contributed by atoms with Crippen LogP contribution in [0.5, 0.6) is 0 Å². The maximum absolute atomic E-state index is 14.2. The SMILES string of the molecule is C=C1C[C@@H](CC(C)(C)C(=O)OCCC)O[C@H]1CC[C@H]1C[C@@H](C)C(=C)[C@@H](C[C@@H]2O[C@H](CC(CO[Si](C)(C)C(C)(C)C)O[Si](C)(C)C(C)(C)C)[C@H](OC)[C@H]2CS(=O)(=O)c2ccccc2)O1. The predicted octanol–water partition coefficient (Wildman–Crippen LogP) is 11.3. The van der Waals surface area contributed by atoms with Crippen molar-refractivity contribution in [2.75, 3.05) is 26.1 Å². The molecule has 360 valence electrons. The number of hydrogen-bond acceptors (Lipinski definition) is 10. The number of esters is 1. The number of benzene rings is 1. The summed E-state index contributed by atoms with van der Waals surface area (Å²) in [6.45, 7) is 40.3. The van der Waals surface area contributed by atoms with Gasteiger partial charge < -0.3 is 32.5 Å². The predicted molar refractivity (Wildman–Crippen MR) is 259 cm³/mol. The van der Waals surface area contributed by atoms with Crippen molar-refractivity contribution in [3.63, 3.8) is 0 Å². The van der Waals surface area contributed by atoms with Gasteiger partial charge in [-0.25, -0.2) is 8.42 Å². The van der Waals surface area contributed by atoms with Crippen molar-refractivity contribution >= 4 is 32.4 Å². The normalized spacial score (nSPS) is 28.4. The van der Waals surface area contributed by atoms with Gasteiger partial charge in [0.05, 0.1) is 78.1 Å². The van der Waals surface area contributed by atoms with Gasteiger partial charge >= 0.3 is 5.97 Å². The standard InChI is InChI=1S/C50H86O10SSi2/c1-18-26-55-47(51)50(11,12)31-38-28-35(3)42(58-38)25-24-37-27-34(2)36(4)43(57-37)30-44-41(33-61(52,53)40-22-20-19-21-23-40)46(54-13)45(59-44)29-39(60-63(16,17)49(8,9)10)32-56-62(14,15)48(5,6)7/h19-23,34,37-39,41-46H,3-4,18,24-33H2,1-2,5-17H3/t34-,37+,38+,39?,41+,42+,43-,44+,45-,46-/m1/s1. The minimum Gasteiger partial charge on any atom is -0.465 e. The first-order valence-electron chi connectivity index (χ1n) is 23.6. The molecule has 0 radical (unpaired) electrons. The van der Waals surface area contributed by atoms with Crippen molar-refractivity contribution in [2.45, 2.75) is 211 Å². The molecule has 0 bridgehead atoms. The molecule has 13 heteroatoms. The molecule has 10 atom stereocenters. The molecule has 0 aromatic heterocycles. The lowest BCUT2D eigenvalue weighted by Gasteiger charge is -2.42. The van der Waals surface area contributed by atoms with Crippen molar-refractivity contribution in [3.05, 3.63) is 54.6 Å². The fourth-order valence-corrected chi connectivity index (χ4v) is 12.8. The molecule has 1 aromatic carbocycles. The number of carbonyl (C=O) groups is 1. The van der Waals surface area contributed by atoms with Gasteiger partial charge in [-0.3, -0.25) is 4.79 Å². The summed E-state index contributed by atoms with van der Waals surface area (Å²) in [5.74, 6) is -0.593. The van der Waals surface area contributed by atoms with Gasteiger partial charge in [0.1, 0.15) is 0 Å². The lowest BCUT2D eigenvalue weighted by Crippen LogP contribution is -2.49. The third-order valence-electron chi connectivity index (χ3n) is 14.8. The quantitative estimate of drug-likeness (QED) is 0.0670. The lowest BCUT2D eigenvalue weighted by molar-refractivity contribution is -0.156. The number of sulfone groups is 1. The van der Waals surface area contributed by atoms with Crippen molar-refractivity contribution in [1.29, 1.82) is 0 Å². The van der Waals surface area contributed by atoms with E-state index in [0.717, 1.165) is 43.3 Å².